The Hall–Kier alpha value is -1.71. The molecule has 4 saturated carbocycles. The Morgan fingerprint density at radius 2 is 1.53 bits per heavy atom. The van der Waals surface area contributed by atoms with E-state index in [1.165, 1.54) is 103 Å². The number of nitrogens with one attached hydrogen (secondary N) is 1. The smallest absolute Gasteiger partial charge is 0.286 e. The van der Waals surface area contributed by atoms with Crippen LogP contribution in [0.4, 0.5) is 0 Å². The minimum absolute atomic E-state index is 0.0623. The van der Waals surface area contributed by atoms with E-state index in [4.69, 9.17) is 0 Å². The second-order valence-electron chi connectivity index (χ2n) is 17.4. The van der Waals surface area contributed by atoms with Gasteiger partial charge in [-0.25, -0.2) is 0 Å². The second kappa shape index (κ2) is 16.8. The Morgan fingerprint density at radius 1 is 0.830 bits per heavy atom. The summed E-state index contributed by atoms with van der Waals surface area (Å²) in [5, 5.41) is 3.44. The normalized spacial score (nSPS) is 33.8. The zero-order valence-corrected chi connectivity index (χ0v) is 31.2. The number of ketones is 1. The molecule has 4 aliphatic rings. The number of carbonyl (C=O) groups is 2. The number of carbonyl (C=O) groups excluding carboxylic acids is 2. The third kappa shape index (κ3) is 8.37. The highest BCUT2D eigenvalue weighted by Crippen LogP contribution is 2.68. The summed E-state index contributed by atoms with van der Waals surface area (Å²) in [6, 6.07) is 6.04. The van der Waals surface area contributed by atoms with Gasteiger partial charge in [-0.3, -0.25) is 9.59 Å². The molecule has 0 spiro atoms. The van der Waals surface area contributed by atoms with Crippen molar-refractivity contribution < 1.29 is 14.2 Å². The van der Waals surface area contributed by atoms with Crippen LogP contribution in [0, 0.1) is 46.3 Å². The van der Waals surface area contributed by atoms with E-state index >= 15 is 0 Å². The molecule has 4 fully saturated rings. The Labute approximate surface area is 289 Å². The number of hydrogen-bond acceptors (Lipinski definition) is 2. The van der Waals surface area contributed by atoms with E-state index in [1.807, 2.05) is 29.0 Å². The number of rotatable bonds is 17. The van der Waals surface area contributed by atoms with Gasteiger partial charge in [0, 0.05) is 24.6 Å². The lowest BCUT2D eigenvalue weighted by atomic mass is 9.44. The highest BCUT2D eigenvalue weighted by Gasteiger charge is 2.60. The molecule has 1 amide bonds. The largest absolute Gasteiger partial charge is 0.348 e. The monoisotopic (exact) mass is 648 g/mol. The molecule has 47 heavy (non-hydrogen) atoms. The van der Waals surface area contributed by atoms with Gasteiger partial charge in [-0.2, -0.15) is 4.57 Å². The van der Waals surface area contributed by atoms with Gasteiger partial charge in [-0.05, 0) is 117 Å². The van der Waals surface area contributed by atoms with Crippen LogP contribution in [0.3, 0.4) is 0 Å². The molecule has 5 rings (SSSR count). The first-order chi connectivity index (χ1) is 22.7. The minimum Gasteiger partial charge on any atom is -0.348 e. The van der Waals surface area contributed by atoms with Crippen LogP contribution in [-0.4, -0.2) is 17.7 Å². The molecule has 9 atom stereocenters. The minimum atomic E-state index is 0.0623. The van der Waals surface area contributed by atoms with Gasteiger partial charge in [0.05, 0.1) is 0 Å². The lowest BCUT2D eigenvalue weighted by molar-refractivity contribution is -0.686. The number of pyridine rings is 1. The maximum absolute atomic E-state index is 13.4. The topological polar surface area (TPSA) is 50.0 Å². The van der Waals surface area contributed by atoms with Crippen LogP contribution in [0.25, 0.3) is 0 Å². The summed E-state index contributed by atoms with van der Waals surface area (Å²) < 4.78 is 1.89. The lowest BCUT2D eigenvalue weighted by Crippen LogP contribution is -2.56. The first-order valence-electron chi connectivity index (χ1n) is 20.5. The van der Waals surface area contributed by atoms with Gasteiger partial charge in [0.15, 0.2) is 6.20 Å². The molecule has 0 radical (unpaired) electrons. The fourth-order valence-electron chi connectivity index (χ4n) is 12.0. The van der Waals surface area contributed by atoms with Crippen LogP contribution in [0.1, 0.15) is 180 Å². The van der Waals surface area contributed by atoms with E-state index in [1.54, 1.807) is 0 Å². The number of amides is 1. The number of aromatic nitrogens is 1. The van der Waals surface area contributed by atoms with E-state index in [-0.39, 0.29) is 24.3 Å². The van der Waals surface area contributed by atoms with Crippen LogP contribution in [0.15, 0.2) is 24.4 Å². The molecule has 1 heterocycles. The summed E-state index contributed by atoms with van der Waals surface area (Å²) >= 11 is 0. The summed E-state index contributed by atoms with van der Waals surface area (Å²) in [4.78, 5) is 26.6. The molecule has 4 nitrogen and oxygen atoms in total. The zero-order chi connectivity index (χ0) is 33.4. The van der Waals surface area contributed by atoms with Crippen LogP contribution in [0.5, 0.6) is 0 Å². The molecule has 1 N–H and O–H groups in total. The van der Waals surface area contributed by atoms with Gasteiger partial charge in [-0.1, -0.05) is 98.8 Å². The Kier molecular flexibility index (Phi) is 13.1. The fourth-order valence-corrected chi connectivity index (χ4v) is 12.0. The molecule has 4 aliphatic carbocycles. The van der Waals surface area contributed by atoms with Gasteiger partial charge in [0.25, 0.3) is 5.91 Å². The maximum Gasteiger partial charge on any atom is 0.286 e. The number of fused-ring (bicyclic) bond motifs is 5. The molecular formula is C43H71N2O2+. The quantitative estimate of drug-likeness (QED) is 0.104. The molecule has 264 valence electrons. The molecule has 0 saturated heterocycles. The van der Waals surface area contributed by atoms with Gasteiger partial charge < -0.3 is 5.32 Å². The average molecular weight is 648 g/mol. The summed E-state index contributed by atoms with van der Waals surface area (Å²) in [7, 11) is 0. The molecule has 0 bridgehead atoms. The van der Waals surface area contributed by atoms with Crippen molar-refractivity contribution in [2.45, 2.75) is 182 Å². The third-order valence-corrected chi connectivity index (χ3v) is 14.6. The Morgan fingerprint density at radius 3 is 2.28 bits per heavy atom. The third-order valence-electron chi connectivity index (χ3n) is 14.6. The van der Waals surface area contributed by atoms with E-state index < -0.39 is 0 Å². The van der Waals surface area contributed by atoms with Crippen molar-refractivity contribution in [3.8, 4) is 0 Å². The van der Waals surface area contributed by atoms with Gasteiger partial charge in [0.2, 0.25) is 18.0 Å². The van der Waals surface area contributed by atoms with E-state index in [0.717, 1.165) is 61.2 Å². The molecule has 1 aromatic heterocycles. The summed E-state index contributed by atoms with van der Waals surface area (Å²) in [5.41, 5.74) is 1.67. The van der Waals surface area contributed by atoms with Crippen LogP contribution < -0.4 is 9.88 Å². The van der Waals surface area contributed by atoms with Crippen molar-refractivity contribution in [2.75, 3.05) is 0 Å². The van der Waals surface area contributed by atoms with Crippen molar-refractivity contribution in [3.05, 3.63) is 30.1 Å². The van der Waals surface area contributed by atoms with Crippen molar-refractivity contribution >= 4 is 11.7 Å². The SMILES string of the molecule is CCCCCCCCCCCC(=O)c1cccc[n+]1CC(=O)NC1CC[C@@]2(C)C(CCC3C2CC[C@@]2(C)C3CC[C@@H]2[C@H](C)CCC)C1. The molecular weight excluding hydrogens is 576 g/mol. The number of unbranched alkanes of at least 4 members (excludes halogenated alkanes) is 8. The number of Topliss-reactive ketones (excluding diaryl/α,β-unsaturated/α-hetero) is 1. The maximum atomic E-state index is 13.4. The molecule has 4 heteroatoms. The van der Waals surface area contributed by atoms with E-state index in [2.05, 4.69) is 39.9 Å². The Balaban J connectivity index is 1.09. The van der Waals surface area contributed by atoms with Crippen LogP contribution >= 0.6 is 0 Å². The zero-order valence-electron chi connectivity index (χ0n) is 31.2. The van der Waals surface area contributed by atoms with Gasteiger partial charge in [-0.15, -0.1) is 0 Å². The first-order valence-corrected chi connectivity index (χ1v) is 20.5. The predicted octanol–water partition coefficient (Wildman–Crippen LogP) is 10.7. The first kappa shape index (κ1) is 36.6. The standard InChI is InChI=1S/C43H70N2O2/c1-6-8-9-10-11-12-13-14-15-20-40(46)39-19-16-17-29-45(39)31-41(47)44-34-25-27-42(4)33(30-34)21-22-35-37-24-23-36(32(3)18-7-2)43(37,5)28-26-38(35)42/h16-17,19,29,32-38H,6-15,18,20-28,30-31H2,1-5H3/p+1/t32-,33?,34?,35?,36-,37?,38?,42+,43-/m1/s1. The highest BCUT2D eigenvalue weighted by atomic mass is 16.2. The van der Waals surface area contributed by atoms with E-state index in [0.29, 0.717) is 22.9 Å². The van der Waals surface area contributed by atoms with Crippen molar-refractivity contribution in [1.82, 2.24) is 5.32 Å². The molecule has 0 aromatic carbocycles. The Bertz CT molecular complexity index is 1160. The summed E-state index contributed by atoms with van der Waals surface area (Å²) in [6.45, 7) is 12.8. The average Bonchev–Trinajstić information content (AvgIpc) is 3.42. The van der Waals surface area contributed by atoms with Crippen molar-refractivity contribution in [2.24, 2.45) is 46.3 Å². The van der Waals surface area contributed by atoms with Crippen LogP contribution in [-0.2, 0) is 11.3 Å². The van der Waals surface area contributed by atoms with Crippen molar-refractivity contribution in [1.29, 1.82) is 0 Å². The summed E-state index contributed by atoms with van der Waals surface area (Å²) in [5.74, 6) is 5.48. The molecule has 0 aliphatic heterocycles. The molecule has 5 unspecified atom stereocenters. The second-order valence-corrected chi connectivity index (χ2v) is 17.4. The number of hydrogen-bond donors (Lipinski definition) is 1. The highest BCUT2D eigenvalue weighted by molar-refractivity contribution is 5.92. The van der Waals surface area contributed by atoms with E-state index in [9.17, 15) is 9.59 Å². The number of nitrogens with zero attached hydrogens (tertiary/aromatic N) is 1. The van der Waals surface area contributed by atoms with Crippen LogP contribution in [0.2, 0.25) is 0 Å². The predicted molar refractivity (Wildman–Crippen MR) is 194 cm³/mol. The fraction of sp³-hybridized carbons (Fsp3) is 0.837. The molecule has 1 aromatic rings. The summed E-state index contributed by atoms with van der Waals surface area (Å²) in [6.07, 6.45) is 28.5. The van der Waals surface area contributed by atoms with Gasteiger partial charge >= 0.3 is 0 Å². The van der Waals surface area contributed by atoms with Gasteiger partial charge in [0.1, 0.15) is 0 Å². The van der Waals surface area contributed by atoms with Crippen molar-refractivity contribution in [3.63, 3.8) is 0 Å². The lowest BCUT2D eigenvalue weighted by Gasteiger charge is -2.61.